The van der Waals surface area contributed by atoms with E-state index in [4.69, 9.17) is 11.6 Å². The molecule has 1 nitrogen and oxygen atoms in total. The van der Waals surface area contributed by atoms with Crippen molar-refractivity contribution in [2.75, 3.05) is 18.0 Å². The molecule has 0 unspecified atom stereocenters. The number of aryl methyl sites for hydroxylation is 1. The number of alkyl halides is 1. The lowest BCUT2D eigenvalue weighted by molar-refractivity contribution is 0.486. The number of anilines is 1. The van der Waals surface area contributed by atoms with E-state index < -0.39 is 0 Å². The van der Waals surface area contributed by atoms with Gasteiger partial charge in [0.05, 0.1) is 0 Å². The maximum absolute atomic E-state index is 6.08. The summed E-state index contributed by atoms with van der Waals surface area (Å²) in [6, 6.07) is 6.61. The summed E-state index contributed by atoms with van der Waals surface area (Å²) in [4.78, 5) is 2.47. The lowest BCUT2D eigenvalue weighted by atomic mass is 10.0. The molecule has 0 radical (unpaired) electrons. The maximum atomic E-state index is 6.08. The monoisotopic (exact) mass is 267 g/mol. The minimum atomic E-state index is 0.594. The average Bonchev–Trinajstić information content (AvgIpc) is 2.41. The van der Waals surface area contributed by atoms with E-state index in [0.29, 0.717) is 5.88 Å². The lowest BCUT2D eigenvalue weighted by Crippen LogP contribution is -2.29. The van der Waals surface area contributed by atoms with E-state index in [9.17, 15) is 0 Å². The minimum absolute atomic E-state index is 0.594. The second kappa shape index (κ2) is 7.68. The number of halogens is 1. The summed E-state index contributed by atoms with van der Waals surface area (Å²) in [6.45, 7) is 11.1. The molecule has 0 aliphatic carbocycles. The quantitative estimate of drug-likeness (QED) is 0.629. The van der Waals surface area contributed by atoms with Gasteiger partial charge in [-0.2, -0.15) is 0 Å². The summed E-state index contributed by atoms with van der Waals surface area (Å²) in [5.74, 6) is 1.37. The van der Waals surface area contributed by atoms with Crippen LogP contribution in [-0.4, -0.2) is 13.1 Å². The van der Waals surface area contributed by atoms with E-state index in [1.807, 2.05) is 0 Å². The first-order valence-corrected chi connectivity index (χ1v) is 7.60. The molecule has 0 aliphatic rings. The van der Waals surface area contributed by atoms with Gasteiger partial charge in [0, 0.05) is 24.7 Å². The third-order valence-electron chi connectivity index (χ3n) is 3.73. The summed E-state index contributed by atoms with van der Waals surface area (Å²) in [6.07, 6.45) is 2.49. The van der Waals surface area contributed by atoms with Gasteiger partial charge in [-0.25, -0.2) is 0 Å². The molecule has 0 spiro atoms. The van der Waals surface area contributed by atoms with Gasteiger partial charge in [0.25, 0.3) is 0 Å². The molecule has 1 rings (SSSR count). The summed E-state index contributed by atoms with van der Waals surface area (Å²) in [5.41, 5.74) is 3.85. The Morgan fingerprint density at radius 2 is 1.83 bits per heavy atom. The topological polar surface area (TPSA) is 3.24 Å². The molecule has 0 saturated carbocycles. The van der Waals surface area contributed by atoms with Crippen molar-refractivity contribution in [3.8, 4) is 0 Å². The third kappa shape index (κ3) is 3.91. The van der Waals surface area contributed by atoms with Crippen LogP contribution in [0.25, 0.3) is 0 Å². The molecule has 0 aromatic heterocycles. The Bertz CT molecular complexity index is 358. The average molecular weight is 268 g/mol. The number of benzene rings is 1. The van der Waals surface area contributed by atoms with Crippen LogP contribution in [0.3, 0.4) is 0 Å². The first kappa shape index (κ1) is 15.4. The molecule has 0 fully saturated rings. The number of hydrogen-bond acceptors (Lipinski definition) is 1. The van der Waals surface area contributed by atoms with Crippen LogP contribution < -0.4 is 4.90 Å². The van der Waals surface area contributed by atoms with Crippen molar-refractivity contribution in [3.63, 3.8) is 0 Å². The highest BCUT2D eigenvalue weighted by molar-refractivity contribution is 6.17. The van der Waals surface area contributed by atoms with Crippen molar-refractivity contribution < 1.29 is 0 Å². The van der Waals surface area contributed by atoms with Crippen molar-refractivity contribution in [2.24, 2.45) is 5.92 Å². The molecular formula is C16H26ClN. The molecular weight excluding hydrogens is 242 g/mol. The molecule has 0 amide bonds. The van der Waals surface area contributed by atoms with Crippen molar-refractivity contribution in [3.05, 3.63) is 29.3 Å². The van der Waals surface area contributed by atoms with Gasteiger partial charge in [0.1, 0.15) is 0 Å². The molecule has 0 aliphatic heterocycles. The zero-order chi connectivity index (χ0) is 13.5. The van der Waals surface area contributed by atoms with E-state index in [1.165, 1.54) is 29.7 Å². The Kier molecular flexibility index (Phi) is 6.56. The van der Waals surface area contributed by atoms with E-state index >= 15 is 0 Å². The Hall–Kier alpha value is -0.690. The molecule has 1 aromatic carbocycles. The fraction of sp³-hybridized carbons (Fsp3) is 0.625. The van der Waals surface area contributed by atoms with Gasteiger partial charge in [-0.15, -0.1) is 11.6 Å². The zero-order valence-corrected chi connectivity index (χ0v) is 12.9. The highest BCUT2D eigenvalue weighted by atomic mass is 35.5. The summed E-state index contributed by atoms with van der Waals surface area (Å²) in [7, 11) is 0. The number of rotatable bonds is 7. The molecule has 102 valence electrons. The smallest absolute Gasteiger partial charge is 0.0494 e. The Morgan fingerprint density at radius 1 is 1.17 bits per heavy atom. The Balaban J connectivity index is 2.93. The van der Waals surface area contributed by atoms with E-state index in [-0.39, 0.29) is 0 Å². The summed E-state index contributed by atoms with van der Waals surface area (Å²) in [5, 5.41) is 0. The fourth-order valence-corrected chi connectivity index (χ4v) is 2.60. The van der Waals surface area contributed by atoms with Gasteiger partial charge in [-0.05, 0) is 31.4 Å². The second-order valence-electron chi connectivity index (χ2n) is 4.99. The predicted molar refractivity (Wildman–Crippen MR) is 82.7 cm³/mol. The molecule has 0 bridgehead atoms. The first-order chi connectivity index (χ1) is 8.65. The van der Waals surface area contributed by atoms with Crippen LogP contribution in [0.2, 0.25) is 0 Å². The van der Waals surface area contributed by atoms with E-state index in [1.54, 1.807) is 0 Å². The molecule has 0 saturated heterocycles. The van der Waals surface area contributed by atoms with Crippen molar-refractivity contribution >= 4 is 17.3 Å². The summed E-state index contributed by atoms with van der Waals surface area (Å²) >= 11 is 6.08. The maximum Gasteiger partial charge on any atom is 0.0494 e. The van der Waals surface area contributed by atoms with Gasteiger partial charge in [0.15, 0.2) is 0 Å². The standard InChI is InChI=1S/C16H26ClN/c1-5-14(6-2)12-18(7-3)16-9-8-13(4)10-15(16)11-17/h8-10,14H,5-7,11-12H2,1-4H3. The van der Waals surface area contributed by atoms with Gasteiger partial charge in [-0.1, -0.05) is 44.4 Å². The molecule has 0 N–H and O–H groups in total. The van der Waals surface area contributed by atoms with Crippen molar-refractivity contribution in [1.29, 1.82) is 0 Å². The van der Waals surface area contributed by atoms with Crippen molar-refractivity contribution in [1.82, 2.24) is 0 Å². The Labute approximate surface area is 117 Å². The summed E-state index contributed by atoms with van der Waals surface area (Å²) < 4.78 is 0. The van der Waals surface area contributed by atoms with Crippen molar-refractivity contribution in [2.45, 2.75) is 46.4 Å². The first-order valence-electron chi connectivity index (χ1n) is 7.06. The van der Waals surface area contributed by atoms with Crippen LogP contribution in [-0.2, 0) is 5.88 Å². The van der Waals surface area contributed by atoms with Gasteiger partial charge in [-0.3, -0.25) is 0 Å². The normalized spacial score (nSPS) is 11.0. The third-order valence-corrected chi connectivity index (χ3v) is 4.02. The van der Waals surface area contributed by atoms with Crippen LogP contribution in [0.4, 0.5) is 5.69 Å². The highest BCUT2D eigenvalue weighted by Gasteiger charge is 2.13. The number of hydrogen-bond donors (Lipinski definition) is 0. The van der Waals surface area contributed by atoms with Crippen LogP contribution in [0.5, 0.6) is 0 Å². The van der Waals surface area contributed by atoms with Gasteiger partial charge < -0.3 is 4.90 Å². The van der Waals surface area contributed by atoms with Gasteiger partial charge in [0.2, 0.25) is 0 Å². The predicted octanol–water partition coefficient (Wildman–Crippen LogP) is 5.00. The number of nitrogens with zero attached hydrogens (tertiary/aromatic N) is 1. The van der Waals surface area contributed by atoms with Crippen LogP contribution in [0.1, 0.15) is 44.7 Å². The van der Waals surface area contributed by atoms with Crippen LogP contribution in [0.15, 0.2) is 18.2 Å². The largest absolute Gasteiger partial charge is 0.371 e. The fourth-order valence-electron chi connectivity index (χ4n) is 2.39. The molecule has 0 heterocycles. The van der Waals surface area contributed by atoms with Crippen LogP contribution >= 0.6 is 11.6 Å². The lowest BCUT2D eigenvalue weighted by Gasteiger charge is -2.29. The van der Waals surface area contributed by atoms with Gasteiger partial charge >= 0.3 is 0 Å². The molecule has 0 atom stereocenters. The minimum Gasteiger partial charge on any atom is -0.371 e. The van der Waals surface area contributed by atoms with E-state index in [2.05, 4.69) is 50.8 Å². The second-order valence-corrected chi connectivity index (χ2v) is 5.25. The Morgan fingerprint density at radius 3 is 2.33 bits per heavy atom. The highest BCUT2D eigenvalue weighted by Crippen LogP contribution is 2.25. The molecule has 1 aromatic rings. The molecule has 2 heteroatoms. The SMILES string of the molecule is CCC(CC)CN(CC)c1ccc(C)cc1CCl. The molecule has 18 heavy (non-hydrogen) atoms. The van der Waals surface area contributed by atoms with Crippen LogP contribution in [0, 0.1) is 12.8 Å². The van der Waals surface area contributed by atoms with E-state index in [0.717, 1.165) is 19.0 Å². The zero-order valence-electron chi connectivity index (χ0n) is 12.2.